The van der Waals surface area contributed by atoms with Crippen molar-refractivity contribution in [3.63, 3.8) is 0 Å². The van der Waals surface area contributed by atoms with E-state index in [2.05, 4.69) is 21.6 Å². The van der Waals surface area contributed by atoms with Gasteiger partial charge in [-0.25, -0.2) is 0 Å². The van der Waals surface area contributed by atoms with Gasteiger partial charge in [0, 0.05) is 29.6 Å². The van der Waals surface area contributed by atoms with E-state index in [0.717, 1.165) is 16.8 Å². The molecule has 2 heterocycles. The molecule has 1 aliphatic heterocycles. The Labute approximate surface area is 199 Å². The second-order valence-corrected chi connectivity index (χ2v) is 9.46. The molecule has 10 heteroatoms. The summed E-state index contributed by atoms with van der Waals surface area (Å²) in [5, 5.41) is 12.8. The van der Waals surface area contributed by atoms with Crippen LogP contribution in [0.5, 0.6) is 5.75 Å². The molecule has 32 heavy (non-hydrogen) atoms. The number of nitrogens with one attached hydrogen (secondary N) is 1. The molecule has 0 radical (unpaired) electrons. The van der Waals surface area contributed by atoms with E-state index in [1.54, 1.807) is 17.0 Å². The van der Waals surface area contributed by atoms with Crippen LogP contribution in [0.1, 0.15) is 28.5 Å². The number of nitrogens with zero attached hydrogens (tertiary/aromatic N) is 3. The predicted molar refractivity (Wildman–Crippen MR) is 126 cm³/mol. The third kappa shape index (κ3) is 5.20. The molecule has 0 spiro atoms. The quantitative estimate of drug-likeness (QED) is 0.525. The molecule has 1 unspecified atom stereocenters. The zero-order valence-electron chi connectivity index (χ0n) is 17.4. The van der Waals surface area contributed by atoms with Crippen LogP contribution in [0.4, 0.5) is 10.8 Å². The first-order chi connectivity index (χ1) is 15.3. The lowest BCUT2D eigenvalue weighted by molar-refractivity contribution is -0.118. The van der Waals surface area contributed by atoms with Crippen LogP contribution in [0.3, 0.4) is 0 Å². The molecule has 1 aliphatic rings. The molecule has 1 aromatic heterocycles. The molecule has 0 bridgehead atoms. The van der Waals surface area contributed by atoms with Gasteiger partial charge in [-0.1, -0.05) is 40.6 Å². The van der Waals surface area contributed by atoms with Crippen LogP contribution in [0.25, 0.3) is 0 Å². The van der Waals surface area contributed by atoms with Gasteiger partial charge in [0.15, 0.2) is 6.61 Å². The van der Waals surface area contributed by atoms with E-state index >= 15 is 0 Å². The summed E-state index contributed by atoms with van der Waals surface area (Å²) in [6.07, 6.45) is 0.355. The van der Waals surface area contributed by atoms with E-state index in [0.29, 0.717) is 38.9 Å². The molecule has 0 saturated carbocycles. The minimum atomic E-state index is -0.391. The molecule has 2 amide bonds. The number of rotatable bonds is 6. The smallest absolute Gasteiger partial charge is 0.264 e. The lowest BCUT2D eigenvalue weighted by atomic mass is 10.1. The maximum Gasteiger partial charge on any atom is 0.264 e. The fourth-order valence-corrected chi connectivity index (χ4v) is 4.88. The highest BCUT2D eigenvalue weighted by molar-refractivity contribution is 7.15. The van der Waals surface area contributed by atoms with Crippen LogP contribution < -0.4 is 15.0 Å². The number of halogens is 2. The summed E-state index contributed by atoms with van der Waals surface area (Å²) in [6, 6.07) is 10.9. The first kappa shape index (κ1) is 22.5. The number of ether oxygens (including phenoxy) is 1. The molecule has 0 aliphatic carbocycles. The van der Waals surface area contributed by atoms with Crippen molar-refractivity contribution < 1.29 is 14.3 Å². The summed E-state index contributed by atoms with van der Waals surface area (Å²) < 4.78 is 5.43. The van der Waals surface area contributed by atoms with Crippen molar-refractivity contribution in [3.8, 4) is 5.75 Å². The minimum absolute atomic E-state index is 0.0500. The van der Waals surface area contributed by atoms with E-state index < -0.39 is 5.91 Å². The van der Waals surface area contributed by atoms with E-state index in [-0.39, 0.29) is 18.4 Å². The lowest BCUT2D eigenvalue weighted by Gasteiger charge is -2.17. The van der Waals surface area contributed by atoms with Gasteiger partial charge in [-0.3, -0.25) is 14.9 Å². The fraction of sp³-hybridized carbons (Fsp3) is 0.273. The maximum atomic E-state index is 12.6. The third-order valence-corrected chi connectivity index (χ3v) is 6.46. The number of amides is 2. The number of anilines is 2. The van der Waals surface area contributed by atoms with E-state index in [1.807, 2.05) is 26.0 Å². The maximum absolute atomic E-state index is 12.6. The number of aromatic nitrogens is 2. The number of carbonyl (C=O) groups is 2. The summed E-state index contributed by atoms with van der Waals surface area (Å²) in [5.74, 6) is -0.0529. The first-order valence-electron chi connectivity index (χ1n) is 9.88. The number of aryl methyl sites for hydroxylation is 2. The number of hydrogen-bond donors (Lipinski definition) is 1. The van der Waals surface area contributed by atoms with Crippen molar-refractivity contribution in [2.75, 3.05) is 23.4 Å². The van der Waals surface area contributed by atoms with Crippen molar-refractivity contribution in [1.29, 1.82) is 0 Å². The monoisotopic (exact) mass is 490 g/mol. The van der Waals surface area contributed by atoms with Crippen molar-refractivity contribution in [2.45, 2.75) is 26.2 Å². The van der Waals surface area contributed by atoms with Crippen molar-refractivity contribution in [1.82, 2.24) is 10.2 Å². The molecular weight excluding hydrogens is 471 g/mol. The number of benzene rings is 2. The normalized spacial score (nSPS) is 15.8. The molecule has 166 valence electrons. The number of carbonyl (C=O) groups excluding carboxylic acids is 2. The zero-order chi connectivity index (χ0) is 22.8. The fourth-order valence-electron chi connectivity index (χ4n) is 3.57. The average Bonchev–Trinajstić information content (AvgIpc) is 3.33. The Hall–Kier alpha value is -2.68. The molecule has 3 aromatic rings. The van der Waals surface area contributed by atoms with Crippen LogP contribution in [-0.2, 0) is 9.59 Å². The lowest BCUT2D eigenvalue weighted by Crippen LogP contribution is -2.24. The highest BCUT2D eigenvalue weighted by atomic mass is 35.5. The van der Waals surface area contributed by atoms with Crippen molar-refractivity contribution in [2.24, 2.45) is 0 Å². The Bertz CT molecular complexity index is 1160. The van der Waals surface area contributed by atoms with Gasteiger partial charge in [0.25, 0.3) is 5.91 Å². The largest absolute Gasteiger partial charge is 0.482 e. The molecule has 2 aromatic carbocycles. The number of hydrogen-bond acceptors (Lipinski definition) is 6. The Morgan fingerprint density at radius 1 is 1.19 bits per heavy atom. The van der Waals surface area contributed by atoms with Crippen molar-refractivity contribution in [3.05, 3.63) is 62.6 Å². The van der Waals surface area contributed by atoms with Gasteiger partial charge >= 0.3 is 0 Å². The van der Waals surface area contributed by atoms with Crippen LogP contribution in [-0.4, -0.2) is 35.2 Å². The molecule has 1 atom stereocenters. The summed E-state index contributed by atoms with van der Waals surface area (Å²) in [7, 11) is 0. The molecular formula is C22H20Cl2N4O3S. The first-order valence-corrected chi connectivity index (χ1v) is 11.5. The second kappa shape index (κ2) is 9.44. The second-order valence-electron chi connectivity index (χ2n) is 7.61. The van der Waals surface area contributed by atoms with Gasteiger partial charge in [-0.05, 0) is 55.3 Å². The highest BCUT2D eigenvalue weighted by Crippen LogP contribution is 2.35. The predicted octanol–water partition coefficient (Wildman–Crippen LogP) is 5.00. The van der Waals surface area contributed by atoms with Gasteiger partial charge in [-0.15, -0.1) is 10.2 Å². The Kier molecular flexibility index (Phi) is 6.64. The van der Waals surface area contributed by atoms with E-state index in [9.17, 15) is 9.59 Å². The van der Waals surface area contributed by atoms with E-state index in [4.69, 9.17) is 27.9 Å². The van der Waals surface area contributed by atoms with E-state index in [1.165, 1.54) is 17.4 Å². The van der Waals surface area contributed by atoms with Gasteiger partial charge in [0.05, 0.1) is 5.02 Å². The van der Waals surface area contributed by atoms with Crippen LogP contribution in [0, 0.1) is 13.8 Å². The van der Waals surface area contributed by atoms with Crippen LogP contribution >= 0.6 is 34.5 Å². The molecule has 7 nitrogen and oxygen atoms in total. The topological polar surface area (TPSA) is 84.4 Å². The van der Waals surface area contributed by atoms with Gasteiger partial charge in [-0.2, -0.15) is 0 Å². The highest BCUT2D eigenvalue weighted by Gasteiger charge is 2.34. The Morgan fingerprint density at radius 3 is 2.66 bits per heavy atom. The standard InChI is InChI=1S/C22H20Cl2N4O3S/c1-12-5-13(2)7-16(6-12)28-10-14(8-20(28)30)21-26-27-22(32-21)25-19(29)11-31-18-4-3-15(23)9-17(18)24/h3-7,9,14H,8,10-11H2,1-2H3,(H,25,27,29). The van der Waals surface area contributed by atoms with Gasteiger partial charge < -0.3 is 9.64 Å². The summed E-state index contributed by atoms with van der Waals surface area (Å²) in [5.41, 5.74) is 3.12. The zero-order valence-corrected chi connectivity index (χ0v) is 19.7. The average molecular weight is 491 g/mol. The van der Waals surface area contributed by atoms with Crippen LogP contribution in [0.2, 0.25) is 10.0 Å². The van der Waals surface area contributed by atoms with Crippen LogP contribution in [0.15, 0.2) is 36.4 Å². The Morgan fingerprint density at radius 2 is 1.94 bits per heavy atom. The molecule has 4 rings (SSSR count). The van der Waals surface area contributed by atoms with Crippen molar-refractivity contribution >= 4 is 57.2 Å². The van der Waals surface area contributed by atoms with Gasteiger partial charge in [0.2, 0.25) is 11.0 Å². The van der Waals surface area contributed by atoms with Gasteiger partial charge in [0.1, 0.15) is 10.8 Å². The minimum Gasteiger partial charge on any atom is -0.482 e. The summed E-state index contributed by atoms with van der Waals surface area (Å²) >= 11 is 13.2. The summed E-state index contributed by atoms with van der Waals surface area (Å²) in [6.45, 7) is 4.32. The Balaban J connectivity index is 1.36. The summed E-state index contributed by atoms with van der Waals surface area (Å²) in [4.78, 5) is 26.6. The molecule has 1 fully saturated rings. The molecule has 1 saturated heterocycles. The third-order valence-electron chi connectivity index (χ3n) is 4.93. The molecule has 1 N–H and O–H groups in total. The SMILES string of the molecule is Cc1cc(C)cc(N2CC(c3nnc(NC(=O)COc4ccc(Cl)cc4Cl)s3)CC2=O)c1.